The number of aryl methyl sites for hydroxylation is 1. The Bertz CT molecular complexity index is 975. The Morgan fingerprint density at radius 3 is 2.58 bits per heavy atom. The third-order valence-electron chi connectivity index (χ3n) is 6.21. The van der Waals surface area contributed by atoms with Crippen LogP contribution in [0.3, 0.4) is 0 Å². The number of rotatable bonds is 7. The number of halogens is 1. The molecule has 1 saturated heterocycles. The van der Waals surface area contributed by atoms with Crippen LogP contribution in [0.25, 0.3) is 0 Å². The van der Waals surface area contributed by atoms with Crippen LogP contribution in [-0.2, 0) is 21.2 Å². The molecule has 2 aliphatic rings. The van der Waals surface area contributed by atoms with Gasteiger partial charge in [0.05, 0.1) is 43.8 Å². The SMILES string of the molecule is O=S(=O)(c1ccc(F)cc1)N1CC[NH+](C[C@@H](O)CO[C@H]2CCCc3ccccc32)CC1. The fraction of sp³-hybridized carbons (Fsp3) is 0.478. The van der Waals surface area contributed by atoms with Crippen molar-refractivity contribution in [3.05, 3.63) is 65.5 Å². The molecule has 6 nitrogen and oxygen atoms in total. The molecule has 4 rings (SSSR count). The van der Waals surface area contributed by atoms with Crippen LogP contribution in [-0.4, -0.2) is 63.3 Å². The van der Waals surface area contributed by atoms with Crippen LogP contribution < -0.4 is 4.90 Å². The standard InChI is InChI=1S/C23H29FN2O4S/c24-19-8-10-21(11-9-19)31(28,29)26-14-12-25(13-15-26)16-20(27)17-30-23-7-3-5-18-4-1-2-6-22(18)23/h1-2,4,6,8-11,20,23,27H,3,5,7,12-17H2/p+1/t20-,23+/m1/s1. The minimum atomic E-state index is -3.62. The highest BCUT2D eigenvalue weighted by Gasteiger charge is 2.31. The van der Waals surface area contributed by atoms with Gasteiger partial charge in [-0.15, -0.1) is 0 Å². The largest absolute Gasteiger partial charge is 0.385 e. The average Bonchev–Trinajstić information content (AvgIpc) is 2.78. The number of benzene rings is 2. The molecule has 2 aromatic rings. The van der Waals surface area contributed by atoms with Gasteiger partial charge in [-0.2, -0.15) is 4.31 Å². The molecule has 2 aromatic carbocycles. The van der Waals surface area contributed by atoms with Crippen molar-refractivity contribution in [1.82, 2.24) is 4.31 Å². The summed E-state index contributed by atoms with van der Waals surface area (Å²) >= 11 is 0. The summed E-state index contributed by atoms with van der Waals surface area (Å²) in [6.07, 6.45) is 2.58. The zero-order valence-corrected chi connectivity index (χ0v) is 18.4. The first-order valence-electron chi connectivity index (χ1n) is 10.9. The molecule has 8 heteroatoms. The van der Waals surface area contributed by atoms with Gasteiger partial charge in [0.2, 0.25) is 10.0 Å². The number of fused-ring (bicyclic) bond motifs is 1. The smallest absolute Gasteiger partial charge is 0.243 e. The van der Waals surface area contributed by atoms with E-state index in [4.69, 9.17) is 4.74 Å². The summed E-state index contributed by atoms with van der Waals surface area (Å²) in [6, 6.07) is 13.3. The van der Waals surface area contributed by atoms with Gasteiger partial charge in [0, 0.05) is 0 Å². The summed E-state index contributed by atoms with van der Waals surface area (Å²) < 4.78 is 46.1. The predicted molar refractivity (Wildman–Crippen MR) is 115 cm³/mol. The number of hydrogen-bond acceptors (Lipinski definition) is 4. The van der Waals surface area contributed by atoms with Crippen molar-refractivity contribution in [2.75, 3.05) is 39.3 Å². The van der Waals surface area contributed by atoms with Crippen molar-refractivity contribution in [1.29, 1.82) is 0 Å². The maximum absolute atomic E-state index is 13.1. The zero-order chi connectivity index (χ0) is 21.8. The third-order valence-corrected chi connectivity index (χ3v) is 8.12. The molecule has 168 valence electrons. The lowest BCUT2D eigenvalue weighted by Crippen LogP contribution is -3.15. The Morgan fingerprint density at radius 1 is 1.13 bits per heavy atom. The van der Waals surface area contributed by atoms with Gasteiger partial charge in [0.1, 0.15) is 18.5 Å². The molecule has 2 atom stereocenters. The van der Waals surface area contributed by atoms with E-state index in [0.29, 0.717) is 32.7 Å². The number of quaternary nitrogens is 1. The lowest BCUT2D eigenvalue weighted by Gasteiger charge is -2.33. The van der Waals surface area contributed by atoms with E-state index >= 15 is 0 Å². The molecule has 1 aliphatic carbocycles. The van der Waals surface area contributed by atoms with E-state index in [1.165, 1.54) is 27.6 Å². The van der Waals surface area contributed by atoms with Crippen LogP contribution in [0.5, 0.6) is 0 Å². The van der Waals surface area contributed by atoms with Gasteiger partial charge in [-0.1, -0.05) is 24.3 Å². The molecule has 2 N–H and O–H groups in total. The summed E-state index contributed by atoms with van der Waals surface area (Å²) in [5.41, 5.74) is 2.56. The molecule has 0 aromatic heterocycles. The molecular formula is C23H30FN2O4S+. The first-order valence-corrected chi connectivity index (χ1v) is 12.3. The van der Waals surface area contributed by atoms with Gasteiger partial charge in [0.25, 0.3) is 0 Å². The summed E-state index contributed by atoms with van der Waals surface area (Å²) in [6.45, 7) is 2.78. The van der Waals surface area contributed by atoms with Crippen molar-refractivity contribution in [3.8, 4) is 0 Å². The first-order chi connectivity index (χ1) is 14.9. The second kappa shape index (κ2) is 9.75. The van der Waals surface area contributed by atoms with E-state index in [1.54, 1.807) is 0 Å². The van der Waals surface area contributed by atoms with Gasteiger partial charge in [-0.05, 0) is 54.7 Å². The maximum Gasteiger partial charge on any atom is 0.243 e. The van der Waals surface area contributed by atoms with E-state index in [1.807, 2.05) is 6.07 Å². The Kier molecular flexibility index (Phi) is 7.03. The molecule has 0 saturated carbocycles. The van der Waals surface area contributed by atoms with Gasteiger partial charge < -0.3 is 14.7 Å². The summed E-state index contributed by atoms with van der Waals surface area (Å²) in [4.78, 5) is 1.27. The Hall–Kier alpha value is -1.84. The van der Waals surface area contributed by atoms with Crippen molar-refractivity contribution in [2.24, 2.45) is 0 Å². The van der Waals surface area contributed by atoms with E-state index < -0.39 is 21.9 Å². The monoisotopic (exact) mass is 449 g/mol. The molecule has 31 heavy (non-hydrogen) atoms. The van der Waals surface area contributed by atoms with E-state index in [2.05, 4.69) is 18.2 Å². The Balaban J connectivity index is 1.25. The summed E-state index contributed by atoms with van der Waals surface area (Å²) in [7, 11) is -3.62. The fourth-order valence-electron chi connectivity index (χ4n) is 4.50. The van der Waals surface area contributed by atoms with E-state index in [-0.39, 0.29) is 17.6 Å². The maximum atomic E-state index is 13.1. The molecule has 1 aliphatic heterocycles. The molecular weight excluding hydrogens is 419 g/mol. The van der Waals surface area contributed by atoms with Crippen LogP contribution in [0.1, 0.15) is 30.1 Å². The van der Waals surface area contributed by atoms with Crippen LogP contribution in [0.15, 0.2) is 53.4 Å². The Morgan fingerprint density at radius 2 is 1.84 bits per heavy atom. The Labute approximate surface area is 183 Å². The van der Waals surface area contributed by atoms with Crippen LogP contribution in [0.4, 0.5) is 4.39 Å². The molecule has 1 fully saturated rings. The number of nitrogens with one attached hydrogen (secondary N) is 1. The number of ether oxygens (including phenoxy) is 1. The first kappa shape index (κ1) is 22.4. The average molecular weight is 450 g/mol. The minimum absolute atomic E-state index is 0.0345. The van der Waals surface area contributed by atoms with Crippen LogP contribution in [0, 0.1) is 5.82 Å². The number of piperazine rings is 1. The highest BCUT2D eigenvalue weighted by atomic mass is 32.2. The molecule has 0 unspecified atom stereocenters. The van der Waals surface area contributed by atoms with E-state index in [0.717, 1.165) is 36.3 Å². The normalized spacial score (nSPS) is 21.5. The van der Waals surface area contributed by atoms with Crippen molar-refractivity contribution >= 4 is 10.0 Å². The van der Waals surface area contributed by atoms with Gasteiger partial charge in [-0.3, -0.25) is 0 Å². The zero-order valence-electron chi connectivity index (χ0n) is 17.5. The topological polar surface area (TPSA) is 71.3 Å². The minimum Gasteiger partial charge on any atom is -0.385 e. The third kappa shape index (κ3) is 5.32. The number of nitrogens with zero attached hydrogens (tertiary/aromatic N) is 1. The molecule has 0 spiro atoms. The van der Waals surface area contributed by atoms with E-state index in [9.17, 15) is 17.9 Å². The van der Waals surface area contributed by atoms with Crippen molar-refractivity contribution < 1.29 is 27.6 Å². The fourth-order valence-corrected chi connectivity index (χ4v) is 5.95. The lowest BCUT2D eigenvalue weighted by atomic mass is 9.89. The quantitative estimate of drug-likeness (QED) is 0.666. The van der Waals surface area contributed by atoms with Gasteiger partial charge in [-0.25, -0.2) is 12.8 Å². The summed E-state index contributed by atoms with van der Waals surface area (Å²) in [5.74, 6) is -0.457. The summed E-state index contributed by atoms with van der Waals surface area (Å²) in [5, 5.41) is 10.5. The molecule has 0 amide bonds. The van der Waals surface area contributed by atoms with Crippen molar-refractivity contribution in [3.63, 3.8) is 0 Å². The van der Waals surface area contributed by atoms with Crippen molar-refractivity contribution in [2.45, 2.75) is 36.4 Å². The number of aliphatic hydroxyl groups is 1. The number of sulfonamides is 1. The molecule has 1 heterocycles. The van der Waals surface area contributed by atoms with Crippen LogP contribution in [0.2, 0.25) is 0 Å². The highest BCUT2D eigenvalue weighted by molar-refractivity contribution is 7.89. The van der Waals surface area contributed by atoms with Crippen LogP contribution >= 0.6 is 0 Å². The van der Waals surface area contributed by atoms with Gasteiger partial charge >= 0.3 is 0 Å². The second-order valence-electron chi connectivity index (χ2n) is 8.38. The highest BCUT2D eigenvalue weighted by Crippen LogP contribution is 2.32. The second-order valence-corrected chi connectivity index (χ2v) is 10.3. The van der Waals surface area contributed by atoms with Gasteiger partial charge in [0.15, 0.2) is 0 Å². The molecule has 0 radical (unpaired) electrons. The predicted octanol–water partition coefficient (Wildman–Crippen LogP) is 1.17. The molecule has 0 bridgehead atoms. The lowest BCUT2D eigenvalue weighted by molar-refractivity contribution is -0.906. The number of aliphatic hydroxyl groups excluding tert-OH is 1. The number of hydrogen-bond donors (Lipinski definition) is 2.